The SMILES string of the molecule is COC(=O)c1cccc2c3c(ccc12)C(C)(C)C(C)=N3. The predicted octanol–water partition coefficient (Wildman–Crippen LogP) is 4.01. The smallest absolute Gasteiger partial charge is 0.338 e. The van der Waals surface area contributed by atoms with Gasteiger partial charge in [0, 0.05) is 16.5 Å². The van der Waals surface area contributed by atoms with E-state index >= 15 is 0 Å². The Morgan fingerprint density at radius 1 is 1.15 bits per heavy atom. The van der Waals surface area contributed by atoms with E-state index in [1.807, 2.05) is 18.2 Å². The van der Waals surface area contributed by atoms with Crippen LogP contribution >= 0.6 is 0 Å². The molecule has 0 aliphatic carbocycles. The highest BCUT2D eigenvalue weighted by Crippen LogP contribution is 2.44. The zero-order chi connectivity index (χ0) is 14.5. The van der Waals surface area contributed by atoms with E-state index in [0.717, 1.165) is 22.2 Å². The molecule has 3 rings (SSSR count). The summed E-state index contributed by atoms with van der Waals surface area (Å²) in [6.07, 6.45) is 0. The van der Waals surface area contributed by atoms with Gasteiger partial charge < -0.3 is 4.74 Å². The number of carbonyl (C=O) groups is 1. The quantitative estimate of drug-likeness (QED) is 0.732. The molecule has 0 amide bonds. The first-order valence-corrected chi connectivity index (χ1v) is 6.67. The Hall–Kier alpha value is -2.16. The summed E-state index contributed by atoms with van der Waals surface area (Å²) in [6, 6.07) is 9.75. The van der Waals surface area contributed by atoms with Crippen molar-refractivity contribution < 1.29 is 9.53 Å². The molecule has 20 heavy (non-hydrogen) atoms. The van der Waals surface area contributed by atoms with Crippen molar-refractivity contribution in [3.05, 3.63) is 41.5 Å². The Morgan fingerprint density at radius 3 is 2.60 bits per heavy atom. The molecule has 0 unspecified atom stereocenters. The molecule has 2 aromatic rings. The number of methoxy groups -OCH3 is 1. The number of fused-ring (bicyclic) bond motifs is 3. The van der Waals surface area contributed by atoms with Crippen molar-refractivity contribution >= 4 is 28.1 Å². The first-order valence-electron chi connectivity index (χ1n) is 6.67. The third kappa shape index (κ3) is 1.59. The van der Waals surface area contributed by atoms with Crippen LogP contribution in [-0.2, 0) is 10.2 Å². The van der Waals surface area contributed by atoms with E-state index in [-0.39, 0.29) is 11.4 Å². The highest BCUT2D eigenvalue weighted by Gasteiger charge is 2.33. The number of benzene rings is 2. The molecule has 0 spiro atoms. The van der Waals surface area contributed by atoms with Gasteiger partial charge in [0.25, 0.3) is 0 Å². The van der Waals surface area contributed by atoms with Gasteiger partial charge in [-0.2, -0.15) is 0 Å². The van der Waals surface area contributed by atoms with Crippen LogP contribution in [0.1, 0.15) is 36.7 Å². The molecule has 102 valence electrons. The number of aliphatic imine (C=N–C) groups is 1. The summed E-state index contributed by atoms with van der Waals surface area (Å²) in [5, 5.41) is 1.91. The topological polar surface area (TPSA) is 38.7 Å². The average molecular weight is 267 g/mol. The fraction of sp³-hybridized carbons (Fsp3) is 0.294. The molecule has 1 heterocycles. The Kier molecular flexibility index (Phi) is 2.68. The minimum atomic E-state index is -0.312. The number of esters is 1. The van der Waals surface area contributed by atoms with Gasteiger partial charge in [-0.25, -0.2) is 4.79 Å². The summed E-state index contributed by atoms with van der Waals surface area (Å²) in [5.41, 5.74) is 3.83. The fourth-order valence-corrected chi connectivity index (χ4v) is 2.76. The van der Waals surface area contributed by atoms with Gasteiger partial charge in [0.1, 0.15) is 0 Å². The zero-order valence-electron chi connectivity index (χ0n) is 12.2. The van der Waals surface area contributed by atoms with Crippen molar-refractivity contribution in [2.24, 2.45) is 4.99 Å². The maximum atomic E-state index is 11.9. The van der Waals surface area contributed by atoms with Crippen LogP contribution < -0.4 is 0 Å². The monoisotopic (exact) mass is 267 g/mol. The first kappa shape index (κ1) is 12.9. The number of hydrogen-bond acceptors (Lipinski definition) is 3. The lowest BCUT2D eigenvalue weighted by Gasteiger charge is -2.20. The van der Waals surface area contributed by atoms with Gasteiger partial charge in [0.2, 0.25) is 0 Å². The normalized spacial score (nSPS) is 15.9. The van der Waals surface area contributed by atoms with E-state index in [9.17, 15) is 4.79 Å². The van der Waals surface area contributed by atoms with Crippen LogP contribution in [0.2, 0.25) is 0 Å². The second-order valence-corrected chi connectivity index (χ2v) is 5.68. The van der Waals surface area contributed by atoms with Gasteiger partial charge in [-0.05, 0) is 23.9 Å². The van der Waals surface area contributed by atoms with Crippen LogP contribution in [-0.4, -0.2) is 18.8 Å². The maximum absolute atomic E-state index is 11.9. The van der Waals surface area contributed by atoms with E-state index < -0.39 is 0 Å². The molecule has 0 N–H and O–H groups in total. The molecule has 0 atom stereocenters. The van der Waals surface area contributed by atoms with Crippen LogP contribution in [0, 0.1) is 0 Å². The zero-order valence-corrected chi connectivity index (χ0v) is 12.2. The summed E-state index contributed by atoms with van der Waals surface area (Å²) < 4.78 is 4.85. The number of ether oxygens (including phenoxy) is 1. The van der Waals surface area contributed by atoms with E-state index in [2.05, 4.69) is 26.8 Å². The van der Waals surface area contributed by atoms with Gasteiger partial charge in [-0.1, -0.05) is 38.1 Å². The third-order valence-corrected chi connectivity index (χ3v) is 4.30. The average Bonchev–Trinajstić information content (AvgIpc) is 2.68. The molecule has 0 radical (unpaired) electrons. The summed E-state index contributed by atoms with van der Waals surface area (Å²) in [6.45, 7) is 6.40. The second-order valence-electron chi connectivity index (χ2n) is 5.68. The highest BCUT2D eigenvalue weighted by molar-refractivity contribution is 6.12. The maximum Gasteiger partial charge on any atom is 0.338 e. The minimum Gasteiger partial charge on any atom is -0.465 e. The predicted molar refractivity (Wildman–Crippen MR) is 81.1 cm³/mol. The van der Waals surface area contributed by atoms with Crippen LogP contribution in [0.15, 0.2) is 35.3 Å². The third-order valence-electron chi connectivity index (χ3n) is 4.30. The van der Waals surface area contributed by atoms with Crippen molar-refractivity contribution in [1.29, 1.82) is 0 Å². The molecule has 0 aromatic heterocycles. The van der Waals surface area contributed by atoms with Crippen LogP contribution in [0.3, 0.4) is 0 Å². The number of rotatable bonds is 1. The van der Waals surface area contributed by atoms with Gasteiger partial charge in [-0.15, -0.1) is 0 Å². The van der Waals surface area contributed by atoms with Gasteiger partial charge in [-0.3, -0.25) is 4.99 Å². The molecule has 2 aromatic carbocycles. The van der Waals surface area contributed by atoms with E-state index in [1.165, 1.54) is 12.7 Å². The summed E-state index contributed by atoms with van der Waals surface area (Å²) >= 11 is 0. The molecular formula is C17H17NO2. The highest BCUT2D eigenvalue weighted by atomic mass is 16.5. The van der Waals surface area contributed by atoms with E-state index in [1.54, 1.807) is 6.07 Å². The van der Waals surface area contributed by atoms with E-state index in [0.29, 0.717) is 5.56 Å². The van der Waals surface area contributed by atoms with Crippen molar-refractivity contribution in [3.63, 3.8) is 0 Å². The molecule has 3 nitrogen and oxygen atoms in total. The summed E-state index contributed by atoms with van der Waals surface area (Å²) in [5.74, 6) is -0.312. The summed E-state index contributed by atoms with van der Waals surface area (Å²) in [4.78, 5) is 16.6. The van der Waals surface area contributed by atoms with Gasteiger partial charge in [0.05, 0.1) is 18.4 Å². The van der Waals surface area contributed by atoms with Crippen LogP contribution in [0.25, 0.3) is 10.8 Å². The number of hydrogen-bond donors (Lipinski definition) is 0. The molecule has 3 heteroatoms. The molecule has 1 aliphatic rings. The lowest BCUT2D eigenvalue weighted by atomic mass is 9.81. The first-order chi connectivity index (χ1) is 9.46. The van der Waals surface area contributed by atoms with Crippen molar-refractivity contribution in [3.8, 4) is 0 Å². The van der Waals surface area contributed by atoms with Crippen molar-refractivity contribution in [2.75, 3.05) is 7.11 Å². The Bertz CT molecular complexity index is 757. The number of nitrogens with zero attached hydrogens (tertiary/aromatic N) is 1. The van der Waals surface area contributed by atoms with Gasteiger partial charge >= 0.3 is 5.97 Å². The molecule has 0 bridgehead atoms. The molecule has 0 saturated carbocycles. The molecule has 0 fully saturated rings. The summed E-state index contributed by atoms with van der Waals surface area (Å²) in [7, 11) is 1.40. The van der Waals surface area contributed by atoms with Gasteiger partial charge in [0.15, 0.2) is 0 Å². The van der Waals surface area contributed by atoms with Crippen molar-refractivity contribution in [1.82, 2.24) is 0 Å². The minimum absolute atomic E-state index is 0.0508. The van der Waals surface area contributed by atoms with Crippen LogP contribution in [0.4, 0.5) is 5.69 Å². The molecular weight excluding hydrogens is 250 g/mol. The Labute approximate surface area is 118 Å². The fourth-order valence-electron chi connectivity index (χ4n) is 2.76. The molecule has 1 aliphatic heterocycles. The second kappa shape index (κ2) is 4.17. The molecule has 0 saturated heterocycles. The van der Waals surface area contributed by atoms with E-state index in [4.69, 9.17) is 9.73 Å². The lowest BCUT2D eigenvalue weighted by Crippen LogP contribution is -2.22. The number of carbonyl (C=O) groups excluding carboxylic acids is 1. The lowest BCUT2D eigenvalue weighted by molar-refractivity contribution is 0.0603. The largest absolute Gasteiger partial charge is 0.465 e. The van der Waals surface area contributed by atoms with Crippen LogP contribution in [0.5, 0.6) is 0 Å². The Balaban J connectivity index is 2.35. The Morgan fingerprint density at radius 2 is 1.90 bits per heavy atom. The standard InChI is InChI=1S/C17H17NO2/c1-10-17(2,3)14-9-8-11-12(15(14)18-10)6-5-7-13(11)16(19)20-4/h5-9H,1-4H3. The van der Waals surface area contributed by atoms with Crippen molar-refractivity contribution in [2.45, 2.75) is 26.2 Å².